The zero-order valence-corrected chi connectivity index (χ0v) is 18.9. The van der Waals surface area contributed by atoms with Gasteiger partial charge in [0.15, 0.2) is 0 Å². The van der Waals surface area contributed by atoms with Crippen molar-refractivity contribution in [1.29, 1.82) is 0 Å². The number of anilines is 2. The molecule has 8 heteroatoms. The fourth-order valence-electron chi connectivity index (χ4n) is 4.13. The van der Waals surface area contributed by atoms with E-state index in [-0.39, 0.29) is 33.5 Å². The maximum atomic E-state index is 14.4. The van der Waals surface area contributed by atoms with Crippen LogP contribution in [0, 0.1) is 12.7 Å². The van der Waals surface area contributed by atoms with Gasteiger partial charge in [-0.1, -0.05) is 41.0 Å². The summed E-state index contributed by atoms with van der Waals surface area (Å²) in [4.78, 5) is 27.8. The summed E-state index contributed by atoms with van der Waals surface area (Å²) in [6.45, 7) is 2.20. The SMILES string of the molecule is Cc1onc(-c2c(F)cccc2Cl)c1C(=O)Nc1ccc(C(=O)N2CCc3ccccc32)cc1. The molecule has 1 aromatic heterocycles. The number of nitrogens with zero attached hydrogens (tertiary/aromatic N) is 2. The van der Waals surface area contributed by atoms with Crippen LogP contribution < -0.4 is 10.2 Å². The summed E-state index contributed by atoms with van der Waals surface area (Å²) < 4.78 is 19.6. The standard InChI is InChI=1S/C26H19ClFN3O3/c1-15-22(24(30-34-15)23-19(27)6-4-7-20(23)28)25(32)29-18-11-9-17(10-12-18)26(33)31-14-13-16-5-2-3-8-21(16)31/h2-12H,13-14H2,1H3,(H,29,32). The van der Waals surface area contributed by atoms with Crippen molar-refractivity contribution in [2.75, 3.05) is 16.8 Å². The van der Waals surface area contributed by atoms with Gasteiger partial charge in [-0.15, -0.1) is 0 Å². The Morgan fingerprint density at radius 2 is 1.82 bits per heavy atom. The summed E-state index contributed by atoms with van der Waals surface area (Å²) in [7, 11) is 0. The zero-order chi connectivity index (χ0) is 23.8. The summed E-state index contributed by atoms with van der Waals surface area (Å²) in [6, 6.07) is 18.7. The Hall–Kier alpha value is -3.97. The molecule has 0 fully saturated rings. The summed E-state index contributed by atoms with van der Waals surface area (Å²) >= 11 is 6.15. The van der Waals surface area contributed by atoms with Crippen LogP contribution in [-0.2, 0) is 6.42 Å². The van der Waals surface area contributed by atoms with E-state index in [4.69, 9.17) is 16.1 Å². The predicted molar refractivity (Wildman–Crippen MR) is 128 cm³/mol. The number of rotatable bonds is 4. The number of hydrogen-bond donors (Lipinski definition) is 1. The van der Waals surface area contributed by atoms with Crippen LogP contribution in [0.3, 0.4) is 0 Å². The topological polar surface area (TPSA) is 75.4 Å². The van der Waals surface area contributed by atoms with Crippen molar-refractivity contribution in [2.45, 2.75) is 13.3 Å². The molecule has 0 bridgehead atoms. The minimum Gasteiger partial charge on any atom is -0.360 e. The molecule has 3 aromatic carbocycles. The van der Waals surface area contributed by atoms with Gasteiger partial charge in [0, 0.05) is 23.5 Å². The first-order valence-electron chi connectivity index (χ1n) is 10.7. The molecule has 1 aliphatic heterocycles. The first-order valence-corrected chi connectivity index (χ1v) is 11.0. The molecule has 2 heterocycles. The number of benzene rings is 3. The largest absolute Gasteiger partial charge is 0.360 e. The van der Waals surface area contributed by atoms with Crippen LogP contribution in [0.1, 0.15) is 32.0 Å². The Labute approximate surface area is 199 Å². The molecule has 0 saturated heterocycles. The first kappa shape index (κ1) is 21.9. The highest BCUT2D eigenvalue weighted by molar-refractivity contribution is 6.33. The Balaban J connectivity index is 1.36. The number of aryl methyl sites for hydroxylation is 1. The quantitative estimate of drug-likeness (QED) is 0.399. The number of amides is 2. The second-order valence-electron chi connectivity index (χ2n) is 7.93. The van der Waals surface area contributed by atoms with Gasteiger partial charge in [-0.05, 0) is 61.4 Å². The van der Waals surface area contributed by atoms with Gasteiger partial charge in [0.1, 0.15) is 22.8 Å². The lowest BCUT2D eigenvalue weighted by molar-refractivity contribution is 0.0988. The Morgan fingerprint density at radius 3 is 2.59 bits per heavy atom. The minimum absolute atomic E-state index is 0.00185. The van der Waals surface area contributed by atoms with Gasteiger partial charge in [0.05, 0.1) is 10.6 Å². The molecule has 1 aliphatic rings. The normalized spacial score (nSPS) is 12.5. The number of fused-ring (bicyclic) bond motifs is 1. The first-order chi connectivity index (χ1) is 16.4. The molecule has 170 valence electrons. The number of aromatic nitrogens is 1. The molecule has 0 radical (unpaired) electrons. The molecule has 1 N–H and O–H groups in total. The molecule has 5 rings (SSSR count). The highest BCUT2D eigenvalue weighted by Gasteiger charge is 2.27. The highest BCUT2D eigenvalue weighted by atomic mass is 35.5. The van der Waals surface area contributed by atoms with Gasteiger partial charge in [-0.3, -0.25) is 9.59 Å². The molecule has 0 aliphatic carbocycles. The van der Waals surface area contributed by atoms with Crippen molar-refractivity contribution >= 4 is 34.8 Å². The molecule has 0 saturated carbocycles. The van der Waals surface area contributed by atoms with Gasteiger partial charge in [-0.25, -0.2) is 4.39 Å². The molecular weight excluding hydrogens is 457 g/mol. The third-order valence-corrected chi connectivity index (χ3v) is 6.13. The van der Waals surface area contributed by atoms with Crippen molar-refractivity contribution in [3.05, 3.63) is 100 Å². The molecule has 0 unspecified atom stereocenters. The van der Waals surface area contributed by atoms with Crippen LogP contribution in [0.5, 0.6) is 0 Å². The van der Waals surface area contributed by atoms with Crippen LogP contribution in [-0.4, -0.2) is 23.5 Å². The van der Waals surface area contributed by atoms with Crippen molar-refractivity contribution in [2.24, 2.45) is 0 Å². The lowest BCUT2D eigenvalue weighted by Gasteiger charge is -2.17. The zero-order valence-electron chi connectivity index (χ0n) is 18.1. The van der Waals surface area contributed by atoms with Gasteiger partial charge < -0.3 is 14.7 Å². The lowest BCUT2D eigenvalue weighted by Crippen LogP contribution is -2.28. The lowest BCUT2D eigenvalue weighted by atomic mass is 10.0. The maximum Gasteiger partial charge on any atom is 0.261 e. The Bertz CT molecular complexity index is 1400. The van der Waals surface area contributed by atoms with Crippen LogP contribution >= 0.6 is 11.6 Å². The van der Waals surface area contributed by atoms with Crippen molar-refractivity contribution in [1.82, 2.24) is 5.16 Å². The van der Waals surface area contributed by atoms with E-state index in [2.05, 4.69) is 10.5 Å². The van der Waals surface area contributed by atoms with Gasteiger partial charge >= 0.3 is 0 Å². The maximum absolute atomic E-state index is 14.4. The average molecular weight is 476 g/mol. The van der Waals surface area contributed by atoms with E-state index >= 15 is 0 Å². The average Bonchev–Trinajstić information content (AvgIpc) is 3.43. The third kappa shape index (κ3) is 3.84. The van der Waals surface area contributed by atoms with Crippen molar-refractivity contribution in [3.8, 4) is 11.3 Å². The van der Waals surface area contributed by atoms with Crippen molar-refractivity contribution in [3.63, 3.8) is 0 Å². The number of carbonyl (C=O) groups excluding carboxylic acids is 2. The van der Waals surface area contributed by atoms with E-state index in [9.17, 15) is 14.0 Å². The van der Waals surface area contributed by atoms with Gasteiger partial charge in [0.2, 0.25) is 0 Å². The van der Waals surface area contributed by atoms with E-state index in [1.54, 1.807) is 36.1 Å². The molecule has 0 spiro atoms. The van der Waals surface area contributed by atoms with Crippen LogP contribution in [0.15, 0.2) is 71.3 Å². The third-order valence-electron chi connectivity index (χ3n) is 5.81. The van der Waals surface area contributed by atoms with E-state index in [1.807, 2.05) is 24.3 Å². The van der Waals surface area contributed by atoms with E-state index in [0.29, 0.717) is 17.8 Å². The number of nitrogens with one attached hydrogen (secondary N) is 1. The number of halogens is 2. The van der Waals surface area contributed by atoms with E-state index in [1.165, 1.54) is 18.2 Å². The predicted octanol–water partition coefficient (Wildman–Crippen LogP) is 5.90. The minimum atomic E-state index is -0.610. The summed E-state index contributed by atoms with van der Waals surface area (Å²) in [6.07, 6.45) is 0.822. The monoisotopic (exact) mass is 475 g/mol. The molecular formula is C26H19ClFN3O3. The van der Waals surface area contributed by atoms with Crippen LogP contribution in [0.4, 0.5) is 15.8 Å². The van der Waals surface area contributed by atoms with Crippen LogP contribution in [0.2, 0.25) is 5.02 Å². The molecule has 6 nitrogen and oxygen atoms in total. The molecule has 34 heavy (non-hydrogen) atoms. The fourth-order valence-corrected chi connectivity index (χ4v) is 4.38. The Kier molecular flexibility index (Phi) is 5.63. The number of carbonyl (C=O) groups is 2. The molecule has 2 amide bonds. The van der Waals surface area contributed by atoms with Crippen LogP contribution in [0.25, 0.3) is 11.3 Å². The van der Waals surface area contributed by atoms with Crippen molar-refractivity contribution < 1.29 is 18.5 Å². The number of para-hydroxylation sites is 1. The van der Waals surface area contributed by atoms with Gasteiger partial charge in [0.25, 0.3) is 11.8 Å². The van der Waals surface area contributed by atoms with Gasteiger partial charge in [-0.2, -0.15) is 0 Å². The highest BCUT2D eigenvalue weighted by Crippen LogP contribution is 2.34. The van der Waals surface area contributed by atoms with E-state index < -0.39 is 11.7 Å². The number of hydrogen-bond acceptors (Lipinski definition) is 4. The summed E-state index contributed by atoms with van der Waals surface area (Å²) in [5, 5.41) is 6.74. The summed E-state index contributed by atoms with van der Waals surface area (Å²) in [5.41, 5.74) is 3.16. The van der Waals surface area contributed by atoms with E-state index in [0.717, 1.165) is 17.7 Å². The fraction of sp³-hybridized carbons (Fsp3) is 0.115. The second kappa shape index (κ2) is 8.76. The second-order valence-corrected chi connectivity index (χ2v) is 8.33. The summed E-state index contributed by atoms with van der Waals surface area (Å²) in [5.74, 6) is -1.01. The smallest absolute Gasteiger partial charge is 0.261 e. The molecule has 0 atom stereocenters. The Morgan fingerprint density at radius 1 is 1.06 bits per heavy atom. The molecule has 4 aromatic rings.